The van der Waals surface area contributed by atoms with Gasteiger partial charge in [-0.05, 0) is 75.1 Å². The monoisotopic (exact) mass is 450 g/mol. The normalized spacial score (nSPS) is 15.9. The number of nitrogens with zero attached hydrogens (tertiary/aromatic N) is 1. The summed E-state index contributed by atoms with van der Waals surface area (Å²) in [6.07, 6.45) is 1.71. The highest BCUT2D eigenvalue weighted by Crippen LogP contribution is 2.27. The molecule has 162 valence electrons. The minimum atomic E-state index is -3.67. The van der Waals surface area contributed by atoms with Crippen LogP contribution < -0.4 is 10.1 Å². The van der Waals surface area contributed by atoms with Gasteiger partial charge in [-0.15, -0.1) is 0 Å². The first-order chi connectivity index (χ1) is 14.2. The van der Waals surface area contributed by atoms with Crippen LogP contribution in [0.2, 0.25) is 5.02 Å². The van der Waals surface area contributed by atoms with Gasteiger partial charge in [0.2, 0.25) is 10.0 Å². The summed E-state index contributed by atoms with van der Waals surface area (Å²) in [5, 5.41) is 2.95. The number of sulfonamides is 1. The number of nitrogens with one attached hydrogen (secondary N) is 1. The molecule has 1 aliphatic heterocycles. The Morgan fingerprint density at radius 1 is 1.13 bits per heavy atom. The number of ether oxygens (including phenoxy) is 1. The van der Waals surface area contributed by atoms with Crippen molar-refractivity contribution in [2.24, 2.45) is 5.92 Å². The predicted octanol–water partition coefficient (Wildman–Crippen LogP) is 4.80. The van der Waals surface area contributed by atoms with Crippen molar-refractivity contribution in [3.05, 3.63) is 53.1 Å². The number of rotatable bonds is 6. The zero-order valence-electron chi connectivity index (χ0n) is 17.4. The second kappa shape index (κ2) is 9.37. The van der Waals surface area contributed by atoms with Crippen molar-refractivity contribution in [2.45, 2.75) is 44.6 Å². The average Bonchev–Trinajstić information content (AvgIpc) is 2.69. The van der Waals surface area contributed by atoms with Crippen LogP contribution >= 0.6 is 11.6 Å². The third-order valence-electron chi connectivity index (χ3n) is 5.05. The smallest absolute Gasteiger partial charge is 0.257 e. The van der Waals surface area contributed by atoms with Crippen LogP contribution in [0.5, 0.6) is 5.75 Å². The molecule has 2 aromatic carbocycles. The van der Waals surface area contributed by atoms with Gasteiger partial charge in [-0.2, -0.15) is 4.31 Å². The summed E-state index contributed by atoms with van der Waals surface area (Å²) >= 11 is 6.21. The summed E-state index contributed by atoms with van der Waals surface area (Å²) < 4.78 is 33.1. The molecule has 1 N–H and O–H groups in total. The van der Waals surface area contributed by atoms with Crippen molar-refractivity contribution in [3.63, 3.8) is 0 Å². The average molecular weight is 451 g/mol. The molecule has 0 aromatic heterocycles. The summed E-state index contributed by atoms with van der Waals surface area (Å²) in [6.45, 7) is 6.96. The van der Waals surface area contributed by atoms with Gasteiger partial charge in [-0.25, -0.2) is 8.42 Å². The second-order valence-corrected chi connectivity index (χ2v) is 10.2. The van der Waals surface area contributed by atoms with Gasteiger partial charge in [0.05, 0.1) is 21.6 Å². The molecule has 1 amide bonds. The quantitative estimate of drug-likeness (QED) is 0.685. The summed E-state index contributed by atoms with van der Waals surface area (Å²) in [7, 11) is -3.67. The number of benzene rings is 2. The fourth-order valence-electron chi connectivity index (χ4n) is 3.30. The van der Waals surface area contributed by atoms with Crippen LogP contribution in [0.15, 0.2) is 47.4 Å². The van der Waals surface area contributed by atoms with Crippen LogP contribution in [0.3, 0.4) is 0 Å². The van der Waals surface area contributed by atoms with Crippen molar-refractivity contribution in [3.8, 4) is 5.75 Å². The highest BCUT2D eigenvalue weighted by atomic mass is 35.5. The summed E-state index contributed by atoms with van der Waals surface area (Å²) in [6, 6.07) is 11.2. The first-order valence-corrected chi connectivity index (χ1v) is 11.9. The molecule has 0 aliphatic carbocycles. The van der Waals surface area contributed by atoms with E-state index in [1.165, 1.54) is 22.5 Å². The van der Waals surface area contributed by atoms with E-state index < -0.39 is 15.9 Å². The molecular weight excluding hydrogens is 424 g/mol. The standard InChI is InChI=1S/C22H27ClN2O4S/c1-15(2)29-18-6-4-17(5-7-18)24-22(26)20-14-19(8-9-21(20)23)30(27,28)25-12-10-16(3)11-13-25/h4-9,14-16H,10-13H2,1-3H3,(H,24,26). The van der Waals surface area contributed by atoms with Gasteiger partial charge in [0, 0.05) is 18.8 Å². The molecule has 30 heavy (non-hydrogen) atoms. The Kier molecular flexibility index (Phi) is 7.06. The molecule has 0 saturated carbocycles. The molecule has 0 radical (unpaired) electrons. The lowest BCUT2D eigenvalue weighted by molar-refractivity contribution is 0.102. The molecule has 0 unspecified atom stereocenters. The van der Waals surface area contributed by atoms with E-state index in [1.54, 1.807) is 24.3 Å². The van der Waals surface area contributed by atoms with Crippen LogP contribution in [0.1, 0.15) is 44.0 Å². The zero-order chi connectivity index (χ0) is 21.9. The van der Waals surface area contributed by atoms with Crippen LogP contribution in [-0.2, 0) is 10.0 Å². The fraction of sp³-hybridized carbons (Fsp3) is 0.409. The topological polar surface area (TPSA) is 75.7 Å². The van der Waals surface area contributed by atoms with Crippen LogP contribution in [0, 0.1) is 5.92 Å². The van der Waals surface area contributed by atoms with E-state index in [0.717, 1.165) is 12.8 Å². The Morgan fingerprint density at radius 3 is 2.37 bits per heavy atom. The Hall–Kier alpha value is -2.09. The molecule has 1 fully saturated rings. The lowest BCUT2D eigenvalue weighted by Crippen LogP contribution is -2.37. The zero-order valence-corrected chi connectivity index (χ0v) is 19.0. The van der Waals surface area contributed by atoms with Gasteiger partial charge < -0.3 is 10.1 Å². The molecule has 0 bridgehead atoms. The van der Waals surface area contributed by atoms with E-state index in [2.05, 4.69) is 12.2 Å². The molecule has 0 spiro atoms. The number of halogens is 1. The van der Waals surface area contributed by atoms with Gasteiger partial charge in [0.1, 0.15) is 5.75 Å². The van der Waals surface area contributed by atoms with Gasteiger partial charge in [0.25, 0.3) is 5.91 Å². The second-order valence-electron chi connectivity index (χ2n) is 7.87. The number of anilines is 1. The lowest BCUT2D eigenvalue weighted by Gasteiger charge is -2.29. The maximum Gasteiger partial charge on any atom is 0.257 e. The third-order valence-corrected chi connectivity index (χ3v) is 7.27. The first-order valence-electron chi connectivity index (χ1n) is 10.0. The van der Waals surface area contributed by atoms with E-state index in [-0.39, 0.29) is 21.6 Å². The first kappa shape index (κ1) is 22.6. The molecule has 0 atom stereocenters. The van der Waals surface area contributed by atoms with Crippen molar-refractivity contribution in [1.82, 2.24) is 4.31 Å². The number of hydrogen-bond acceptors (Lipinski definition) is 4. The van der Waals surface area contributed by atoms with Gasteiger partial charge in [0.15, 0.2) is 0 Å². The van der Waals surface area contributed by atoms with E-state index in [4.69, 9.17) is 16.3 Å². The molecule has 1 aliphatic rings. The van der Waals surface area contributed by atoms with E-state index in [9.17, 15) is 13.2 Å². The van der Waals surface area contributed by atoms with Gasteiger partial charge in [-0.3, -0.25) is 4.79 Å². The maximum atomic E-state index is 13.0. The number of amides is 1. The van der Waals surface area contributed by atoms with Crippen molar-refractivity contribution in [2.75, 3.05) is 18.4 Å². The third kappa shape index (κ3) is 5.33. The summed E-state index contributed by atoms with van der Waals surface area (Å²) in [4.78, 5) is 12.8. The van der Waals surface area contributed by atoms with Crippen LogP contribution in [-0.4, -0.2) is 37.8 Å². The van der Waals surface area contributed by atoms with Crippen molar-refractivity contribution >= 4 is 33.2 Å². The van der Waals surface area contributed by atoms with E-state index in [1.807, 2.05) is 13.8 Å². The number of hydrogen-bond donors (Lipinski definition) is 1. The Morgan fingerprint density at radius 2 is 1.77 bits per heavy atom. The molecular formula is C22H27ClN2O4S. The van der Waals surface area contributed by atoms with Crippen LogP contribution in [0.4, 0.5) is 5.69 Å². The van der Waals surface area contributed by atoms with Gasteiger partial charge >= 0.3 is 0 Å². The Balaban J connectivity index is 1.78. The molecule has 1 saturated heterocycles. The SMILES string of the molecule is CC1CCN(S(=O)(=O)c2ccc(Cl)c(C(=O)Nc3ccc(OC(C)C)cc3)c2)CC1. The van der Waals surface area contributed by atoms with Crippen LogP contribution in [0.25, 0.3) is 0 Å². The predicted molar refractivity (Wildman–Crippen MR) is 119 cm³/mol. The lowest BCUT2D eigenvalue weighted by atomic mass is 10.0. The minimum absolute atomic E-state index is 0.0528. The maximum absolute atomic E-state index is 13.0. The largest absolute Gasteiger partial charge is 0.491 e. The van der Waals surface area contributed by atoms with E-state index in [0.29, 0.717) is 30.4 Å². The molecule has 8 heteroatoms. The Labute approximate surface area is 183 Å². The Bertz CT molecular complexity index is 998. The fourth-order valence-corrected chi connectivity index (χ4v) is 5.00. The number of piperidine rings is 1. The van der Waals surface area contributed by atoms with Gasteiger partial charge in [-0.1, -0.05) is 18.5 Å². The molecule has 1 heterocycles. The summed E-state index contributed by atoms with van der Waals surface area (Å²) in [5.41, 5.74) is 0.677. The molecule has 3 rings (SSSR count). The number of carbonyl (C=O) groups excluding carboxylic acids is 1. The van der Waals surface area contributed by atoms with Crippen molar-refractivity contribution < 1.29 is 17.9 Å². The highest BCUT2D eigenvalue weighted by Gasteiger charge is 2.29. The minimum Gasteiger partial charge on any atom is -0.491 e. The van der Waals surface area contributed by atoms with E-state index >= 15 is 0 Å². The van der Waals surface area contributed by atoms with Crippen molar-refractivity contribution in [1.29, 1.82) is 0 Å². The highest BCUT2D eigenvalue weighted by molar-refractivity contribution is 7.89. The molecule has 2 aromatic rings. The molecule has 6 nitrogen and oxygen atoms in total. The number of carbonyl (C=O) groups is 1. The summed E-state index contributed by atoms with van der Waals surface area (Å²) in [5.74, 6) is 0.743.